The highest BCUT2D eigenvalue weighted by Crippen LogP contribution is 2.29. The van der Waals surface area contributed by atoms with Crippen LogP contribution in [0.2, 0.25) is 0 Å². The fraction of sp³-hybridized carbons (Fsp3) is 0. The summed E-state index contributed by atoms with van der Waals surface area (Å²) < 4.78 is 5.57. The maximum atomic E-state index is 8.86. The second kappa shape index (κ2) is 4.90. The lowest BCUT2D eigenvalue weighted by atomic mass is 10.2. The quantitative estimate of drug-likeness (QED) is 0.811. The van der Waals surface area contributed by atoms with Crippen LogP contribution in [0.3, 0.4) is 0 Å². The topological polar surface area (TPSA) is 82.8 Å². The monoisotopic (exact) mass is 235 g/mol. The van der Waals surface area contributed by atoms with Crippen molar-refractivity contribution in [1.82, 2.24) is 0 Å². The maximum Gasteiger partial charge on any atom is 0.151 e. The number of nitriles is 2. The zero-order valence-corrected chi connectivity index (χ0v) is 9.42. The van der Waals surface area contributed by atoms with Crippen molar-refractivity contribution in [2.24, 2.45) is 0 Å². The van der Waals surface area contributed by atoms with Crippen LogP contribution in [0.4, 0.5) is 5.69 Å². The predicted molar refractivity (Wildman–Crippen MR) is 66.8 cm³/mol. The minimum absolute atomic E-state index is 0.294. The van der Waals surface area contributed by atoms with Gasteiger partial charge in [0.15, 0.2) is 5.75 Å². The third-order valence-electron chi connectivity index (χ3n) is 2.38. The molecule has 4 nitrogen and oxygen atoms in total. The van der Waals surface area contributed by atoms with E-state index < -0.39 is 0 Å². The molecule has 0 atom stereocenters. The first-order chi connectivity index (χ1) is 8.74. The first-order valence-corrected chi connectivity index (χ1v) is 5.21. The summed E-state index contributed by atoms with van der Waals surface area (Å²) in [6.45, 7) is 0. The van der Waals surface area contributed by atoms with Crippen molar-refractivity contribution in [2.45, 2.75) is 0 Å². The molecule has 0 saturated carbocycles. The molecule has 18 heavy (non-hydrogen) atoms. The van der Waals surface area contributed by atoms with Gasteiger partial charge in [0.25, 0.3) is 0 Å². The summed E-state index contributed by atoms with van der Waals surface area (Å²) in [5.41, 5.74) is 6.96. The molecule has 0 spiro atoms. The Hall–Kier alpha value is -2.98. The molecule has 0 heterocycles. The molecule has 2 aromatic carbocycles. The largest absolute Gasteiger partial charge is 0.455 e. The Labute approximate surface area is 104 Å². The Kier molecular flexibility index (Phi) is 3.13. The summed E-state index contributed by atoms with van der Waals surface area (Å²) in [6, 6.07) is 15.7. The lowest BCUT2D eigenvalue weighted by Gasteiger charge is -2.09. The highest BCUT2D eigenvalue weighted by atomic mass is 16.5. The molecule has 0 bridgehead atoms. The average molecular weight is 235 g/mol. The normalized spacial score (nSPS) is 9.22. The van der Waals surface area contributed by atoms with Crippen molar-refractivity contribution in [3.05, 3.63) is 53.6 Å². The molecule has 0 saturated heterocycles. The molecule has 2 aromatic rings. The maximum absolute atomic E-state index is 8.86. The minimum Gasteiger partial charge on any atom is -0.455 e. The number of hydrogen-bond acceptors (Lipinski definition) is 4. The number of nitrogens with two attached hydrogens (primary N) is 1. The number of ether oxygens (including phenoxy) is 1. The van der Waals surface area contributed by atoms with Crippen molar-refractivity contribution in [3.63, 3.8) is 0 Å². The summed E-state index contributed by atoms with van der Waals surface area (Å²) in [4.78, 5) is 0. The molecule has 2 rings (SSSR count). The van der Waals surface area contributed by atoms with E-state index in [1.54, 1.807) is 42.5 Å². The third-order valence-corrected chi connectivity index (χ3v) is 2.38. The Morgan fingerprint density at radius 1 is 1.00 bits per heavy atom. The lowest BCUT2D eigenvalue weighted by molar-refractivity contribution is 0.485. The fourth-order valence-corrected chi connectivity index (χ4v) is 1.49. The van der Waals surface area contributed by atoms with Crippen LogP contribution in [0, 0.1) is 22.7 Å². The average Bonchev–Trinajstić information content (AvgIpc) is 2.41. The van der Waals surface area contributed by atoms with E-state index in [0.29, 0.717) is 28.3 Å². The van der Waals surface area contributed by atoms with Gasteiger partial charge in [0.1, 0.15) is 11.8 Å². The van der Waals surface area contributed by atoms with Crippen LogP contribution in [0.1, 0.15) is 11.1 Å². The van der Waals surface area contributed by atoms with Gasteiger partial charge in [-0.15, -0.1) is 0 Å². The third kappa shape index (κ3) is 2.23. The smallest absolute Gasteiger partial charge is 0.151 e. The van der Waals surface area contributed by atoms with E-state index in [9.17, 15) is 0 Å². The molecule has 0 fully saturated rings. The first kappa shape index (κ1) is 11.5. The van der Waals surface area contributed by atoms with E-state index in [0.717, 1.165) is 0 Å². The molecule has 0 aliphatic carbocycles. The van der Waals surface area contributed by atoms with Gasteiger partial charge < -0.3 is 10.5 Å². The molecule has 4 heteroatoms. The van der Waals surface area contributed by atoms with Gasteiger partial charge in [-0.25, -0.2) is 0 Å². The number of rotatable bonds is 2. The Morgan fingerprint density at radius 2 is 1.78 bits per heavy atom. The summed E-state index contributed by atoms with van der Waals surface area (Å²) in [5, 5.41) is 17.7. The molecular formula is C14H9N3O. The van der Waals surface area contributed by atoms with E-state index >= 15 is 0 Å². The summed E-state index contributed by atoms with van der Waals surface area (Å²) in [6.07, 6.45) is 0. The van der Waals surface area contributed by atoms with Gasteiger partial charge in [-0.1, -0.05) is 12.1 Å². The number of nitrogens with zero attached hydrogens (tertiary/aromatic N) is 2. The molecule has 0 aromatic heterocycles. The van der Waals surface area contributed by atoms with Crippen LogP contribution in [-0.4, -0.2) is 0 Å². The van der Waals surface area contributed by atoms with Gasteiger partial charge in [-0.05, 0) is 30.3 Å². The standard InChI is InChI=1S/C14H9N3O/c15-8-10-3-1-5-12(7-10)18-13-6-2-4-11(9-16)14(13)17/h1-7H,17H2. The number of hydrogen-bond donors (Lipinski definition) is 1. The zero-order chi connectivity index (χ0) is 13.0. The number of para-hydroxylation sites is 1. The van der Waals surface area contributed by atoms with Crippen molar-refractivity contribution in [2.75, 3.05) is 5.73 Å². The molecule has 0 amide bonds. The number of nitrogen functional groups attached to an aromatic ring is 1. The van der Waals surface area contributed by atoms with Gasteiger partial charge in [0.05, 0.1) is 22.9 Å². The SMILES string of the molecule is N#Cc1cccc(Oc2cccc(C#N)c2N)c1. The lowest BCUT2D eigenvalue weighted by Crippen LogP contribution is -1.95. The Morgan fingerprint density at radius 3 is 2.50 bits per heavy atom. The molecule has 0 aliphatic rings. The van der Waals surface area contributed by atoms with E-state index in [1.165, 1.54) is 0 Å². The Bertz CT molecular complexity index is 665. The van der Waals surface area contributed by atoms with Crippen LogP contribution in [0.25, 0.3) is 0 Å². The molecule has 2 N–H and O–H groups in total. The van der Waals surface area contributed by atoms with Crippen LogP contribution in [0.5, 0.6) is 11.5 Å². The Balaban J connectivity index is 2.35. The van der Waals surface area contributed by atoms with Gasteiger partial charge in [0.2, 0.25) is 0 Å². The van der Waals surface area contributed by atoms with Gasteiger partial charge in [-0.2, -0.15) is 10.5 Å². The van der Waals surface area contributed by atoms with Crippen molar-refractivity contribution < 1.29 is 4.74 Å². The van der Waals surface area contributed by atoms with E-state index in [4.69, 9.17) is 21.0 Å². The van der Waals surface area contributed by atoms with Crippen molar-refractivity contribution >= 4 is 5.69 Å². The van der Waals surface area contributed by atoms with Crippen LogP contribution >= 0.6 is 0 Å². The summed E-state index contributed by atoms with van der Waals surface area (Å²) >= 11 is 0. The predicted octanol–water partition coefficient (Wildman–Crippen LogP) is 2.80. The molecule has 0 unspecified atom stereocenters. The molecular weight excluding hydrogens is 226 g/mol. The number of anilines is 1. The highest BCUT2D eigenvalue weighted by Gasteiger charge is 2.06. The van der Waals surface area contributed by atoms with E-state index in [-0.39, 0.29) is 0 Å². The van der Waals surface area contributed by atoms with E-state index in [2.05, 4.69) is 0 Å². The minimum atomic E-state index is 0.294. The van der Waals surface area contributed by atoms with Crippen LogP contribution in [-0.2, 0) is 0 Å². The second-order valence-electron chi connectivity index (χ2n) is 3.57. The van der Waals surface area contributed by atoms with Gasteiger partial charge in [0, 0.05) is 0 Å². The van der Waals surface area contributed by atoms with Crippen LogP contribution in [0.15, 0.2) is 42.5 Å². The van der Waals surface area contributed by atoms with Crippen molar-refractivity contribution in [3.8, 4) is 23.6 Å². The van der Waals surface area contributed by atoms with E-state index in [1.807, 2.05) is 12.1 Å². The molecule has 0 radical (unpaired) electrons. The highest BCUT2D eigenvalue weighted by molar-refractivity contribution is 5.63. The zero-order valence-electron chi connectivity index (χ0n) is 9.42. The molecule has 0 aliphatic heterocycles. The second-order valence-corrected chi connectivity index (χ2v) is 3.57. The van der Waals surface area contributed by atoms with Crippen LogP contribution < -0.4 is 10.5 Å². The van der Waals surface area contributed by atoms with Gasteiger partial charge in [-0.3, -0.25) is 0 Å². The fourth-order valence-electron chi connectivity index (χ4n) is 1.49. The van der Waals surface area contributed by atoms with Crippen molar-refractivity contribution in [1.29, 1.82) is 10.5 Å². The molecule has 86 valence electrons. The van der Waals surface area contributed by atoms with Gasteiger partial charge >= 0.3 is 0 Å². The summed E-state index contributed by atoms with van der Waals surface area (Å²) in [5.74, 6) is 0.917. The number of benzene rings is 2. The summed E-state index contributed by atoms with van der Waals surface area (Å²) in [7, 11) is 0. The first-order valence-electron chi connectivity index (χ1n) is 5.21.